The number of piperidine rings is 1. The van der Waals surface area contributed by atoms with Crippen molar-refractivity contribution in [2.24, 2.45) is 5.92 Å². The van der Waals surface area contributed by atoms with Gasteiger partial charge in [-0.25, -0.2) is 0 Å². The molecule has 0 radical (unpaired) electrons. The van der Waals surface area contributed by atoms with E-state index in [-0.39, 0.29) is 12.5 Å². The van der Waals surface area contributed by atoms with Crippen molar-refractivity contribution in [3.63, 3.8) is 0 Å². The second kappa shape index (κ2) is 10.6. The molecule has 4 rings (SSSR count). The van der Waals surface area contributed by atoms with E-state index in [1.807, 2.05) is 6.07 Å². The van der Waals surface area contributed by atoms with Gasteiger partial charge in [0.15, 0.2) is 0 Å². The maximum atomic E-state index is 9.98. The molecule has 156 valence electrons. The van der Waals surface area contributed by atoms with Gasteiger partial charge in [0, 0.05) is 12.5 Å². The highest BCUT2D eigenvalue weighted by molar-refractivity contribution is 5.63. The zero-order valence-electron chi connectivity index (χ0n) is 17.8. The van der Waals surface area contributed by atoms with Gasteiger partial charge < -0.3 is 10.0 Å². The van der Waals surface area contributed by atoms with Crippen LogP contribution in [0.2, 0.25) is 0 Å². The lowest BCUT2D eigenvalue weighted by atomic mass is 9.89. The summed E-state index contributed by atoms with van der Waals surface area (Å²) in [6.45, 7) is 3.66. The lowest BCUT2D eigenvalue weighted by molar-refractivity contribution is 0.169. The number of nitrogens with zero attached hydrogens (tertiary/aromatic N) is 1. The van der Waals surface area contributed by atoms with Crippen LogP contribution in [0.1, 0.15) is 36.3 Å². The molecule has 0 spiro atoms. The van der Waals surface area contributed by atoms with Gasteiger partial charge in [-0.05, 0) is 73.5 Å². The SMILES string of the molecule is OCC(CCN1CCC(Cc2ccccc2)CC1)c1ccc(-c2ccccc2)cc1. The largest absolute Gasteiger partial charge is 0.396 e. The van der Waals surface area contributed by atoms with Gasteiger partial charge in [0.2, 0.25) is 0 Å². The van der Waals surface area contributed by atoms with Crippen molar-refractivity contribution in [2.75, 3.05) is 26.2 Å². The van der Waals surface area contributed by atoms with E-state index >= 15 is 0 Å². The smallest absolute Gasteiger partial charge is 0.0500 e. The normalized spacial score (nSPS) is 16.4. The van der Waals surface area contributed by atoms with E-state index in [2.05, 4.69) is 83.8 Å². The van der Waals surface area contributed by atoms with Crippen LogP contribution in [0.15, 0.2) is 84.9 Å². The average molecular weight is 400 g/mol. The zero-order chi connectivity index (χ0) is 20.6. The van der Waals surface area contributed by atoms with Crippen molar-refractivity contribution in [1.82, 2.24) is 4.90 Å². The first kappa shape index (κ1) is 20.8. The summed E-state index contributed by atoms with van der Waals surface area (Å²) >= 11 is 0. The second-order valence-corrected chi connectivity index (χ2v) is 8.63. The van der Waals surface area contributed by atoms with Crippen LogP contribution >= 0.6 is 0 Å². The Morgan fingerprint density at radius 3 is 2.00 bits per heavy atom. The van der Waals surface area contributed by atoms with Gasteiger partial charge in [-0.1, -0.05) is 84.9 Å². The Balaban J connectivity index is 1.26. The predicted octanol–water partition coefficient (Wildman–Crippen LogP) is 5.77. The Labute approximate surface area is 181 Å². The molecule has 3 aromatic carbocycles. The summed E-state index contributed by atoms with van der Waals surface area (Å²) in [5.41, 5.74) is 5.19. The van der Waals surface area contributed by atoms with Crippen LogP contribution in [0.25, 0.3) is 11.1 Å². The lowest BCUT2D eigenvalue weighted by Crippen LogP contribution is -2.35. The molecule has 1 atom stereocenters. The van der Waals surface area contributed by atoms with E-state index in [9.17, 15) is 5.11 Å². The Bertz CT molecular complexity index is 868. The van der Waals surface area contributed by atoms with Crippen molar-refractivity contribution >= 4 is 0 Å². The van der Waals surface area contributed by atoms with Crippen LogP contribution in [-0.4, -0.2) is 36.2 Å². The summed E-state index contributed by atoms with van der Waals surface area (Å²) in [6.07, 6.45) is 4.79. The molecule has 1 saturated heterocycles. The van der Waals surface area contributed by atoms with E-state index in [1.54, 1.807) is 0 Å². The predicted molar refractivity (Wildman–Crippen MR) is 126 cm³/mol. The maximum absolute atomic E-state index is 9.98. The van der Waals surface area contributed by atoms with Crippen LogP contribution in [0, 0.1) is 5.92 Å². The van der Waals surface area contributed by atoms with Gasteiger partial charge in [0.25, 0.3) is 0 Å². The van der Waals surface area contributed by atoms with Gasteiger partial charge in [-0.15, -0.1) is 0 Å². The number of hydrogen-bond donors (Lipinski definition) is 1. The molecule has 3 aromatic rings. The summed E-state index contributed by atoms with van der Waals surface area (Å²) in [4.78, 5) is 2.59. The van der Waals surface area contributed by atoms with Gasteiger partial charge in [0.1, 0.15) is 0 Å². The molecule has 1 heterocycles. The summed E-state index contributed by atoms with van der Waals surface area (Å²) in [7, 11) is 0. The molecule has 1 aliphatic heterocycles. The minimum atomic E-state index is 0.217. The molecule has 0 saturated carbocycles. The standard InChI is InChI=1S/C28H33NO/c30-22-28(27-13-11-26(12-14-27)25-9-5-2-6-10-25)17-20-29-18-15-24(16-19-29)21-23-7-3-1-4-8-23/h1-14,24,28,30H,15-22H2. The third-order valence-corrected chi connectivity index (χ3v) is 6.58. The van der Waals surface area contributed by atoms with E-state index in [0.29, 0.717) is 0 Å². The minimum absolute atomic E-state index is 0.217. The molecule has 0 aliphatic carbocycles. The van der Waals surface area contributed by atoms with Crippen molar-refractivity contribution < 1.29 is 5.11 Å². The lowest BCUT2D eigenvalue weighted by Gasteiger charge is -2.33. The number of likely N-dealkylation sites (tertiary alicyclic amines) is 1. The Morgan fingerprint density at radius 2 is 1.37 bits per heavy atom. The monoisotopic (exact) mass is 399 g/mol. The Kier molecular flexibility index (Phi) is 7.34. The second-order valence-electron chi connectivity index (χ2n) is 8.63. The van der Waals surface area contributed by atoms with Crippen molar-refractivity contribution in [2.45, 2.75) is 31.6 Å². The Hall–Kier alpha value is -2.42. The molecule has 1 N–H and O–H groups in total. The van der Waals surface area contributed by atoms with Crippen LogP contribution in [-0.2, 0) is 6.42 Å². The van der Waals surface area contributed by atoms with Crippen LogP contribution in [0.3, 0.4) is 0 Å². The highest BCUT2D eigenvalue weighted by atomic mass is 16.3. The van der Waals surface area contributed by atoms with E-state index < -0.39 is 0 Å². The first-order chi connectivity index (χ1) is 14.8. The molecule has 30 heavy (non-hydrogen) atoms. The highest BCUT2D eigenvalue weighted by Crippen LogP contribution is 2.26. The van der Waals surface area contributed by atoms with Crippen molar-refractivity contribution in [3.05, 3.63) is 96.1 Å². The van der Waals surface area contributed by atoms with Crippen molar-refractivity contribution in [3.8, 4) is 11.1 Å². The van der Waals surface area contributed by atoms with Crippen LogP contribution in [0.5, 0.6) is 0 Å². The average Bonchev–Trinajstić information content (AvgIpc) is 2.82. The summed E-state index contributed by atoms with van der Waals surface area (Å²) in [5, 5.41) is 9.98. The van der Waals surface area contributed by atoms with Gasteiger partial charge in [-0.3, -0.25) is 0 Å². The topological polar surface area (TPSA) is 23.5 Å². The molecule has 0 amide bonds. The highest BCUT2D eigenvalue weighted by Gasteiger charge is 2.20. The quantitative estimate of drug-likeness (QED) is 0.519. The summed E-state index contributed by atoms with van der Waals surface area (Å²) < 4.78 is 0. The van der Waals surface area contributed by atoms with E-state index in [4.69, 9.17) is 0 Å². The molecule has 0 bridgehead atoms. The third-order valence-electron chi connectivity index (χ3n) is 6.58. The molecular weight excluding hydrogens is 366 g/mol. The number of aliphatic hydroxyl groups excluding tert-OH is 1. The zero-order valence-corrected chi connectivity index (χ0v) is 17.8. The Morgan fingerprint density at radius 1 is 0.767 bits per heavy atom. The fourth-order valence-corrected chi connectivity index (χ4v) is 4.64. The minimum Gasteiger partial charge on any atom is -0.396 e. The maximum Gasteiger partial charge on any atom is 0.0500 e. The number of hydrogen-bond acceptors (Lipinski definition) is 2. The summed E-state index contributed by atoms with van der Waals surface area (Å²) in [6, 6.07) is 30.1. The number of benzene rings is 3. The van der Waals surface area contributed by atoms with E-state index in [1.165, 1.54) is 54.6 Å². The first-order valence-electron chi connectivity index (χ1n) is 11.3. The van der Waals surface area contributed by atoms with Crippen molar-refractivity contribution in [1.29, 1.82) is 0 Å². The number of aliphatic hydroxyl groups is 1. The molecular formula is C28H33NO. The summed E-state index contributed by atoms with van der Waals surface area (Å²) in [5.74, 6) is 1.03. The van der Waals surface area contributed by atoms with E-state index in [0.717, 1.165) is 18.9 Å². The fraction of sp³-hybridized carbons (Fsp3) is 0.357. The molecule has 1 aliphatic rings. The first-order valence-corrected chi connectivity index (χ1v) is 11.3. The van der Waals surface area contributed by atoms with Gasteiger partial charge >= 0.3 is 0 Å². The molecule has 1 unspecified atom stereocenters. The number of rotatable bonds is 8. The molecule has 2 heteroatoms. The third kappa shape index (κ3) is 5.59. The van der Waals surface area contributed by atoms with Gasteiger partial charge in [0.05, 0.1) is 0 Å². The molecule has 1 fully saturated rings. The molecule has 0 aromatic heterocycles. The van der Waals surface area contributed by atoms with Crippen LogP contribution in [0.4, 0.5) is 0 Å². The van der Waals surface area contributed by atoms with Gasteiger partial charge in [-0.2, -0.15) is 0 Å². The van der Waals surface area contributed by atoms with Crippen LogP contribution < -0.4 is 0 Å². The fourth-order valence-electron chi connectivity index (χ4n) is 4.64. The molecule has 2 nitrogen and oxygen atoms in total.